The van der Waals surface area contributed by atoms with Crippen LogP contribution in [0.15, 0.2) is 79.4 Å². The van der Waals surface area contributed by atoms with Crippen LogP contribution < -0.4 is 0 Å². The maximum absolute atomic E-state index is 4.79. The van der Waals surface area contributed by atoms with E-state index in [1.807, 2.05) is 24.8 Å². The normalized spacial score (nSPS) is 13.5. The molecule has 0 spiro atoms. The highest BCUT2D eigenvalue weighted by Crippen LogP contribution is 2.50. The first-order chi connectivity index (χ1) is 15.4. The van der Waals surface area contributed by atoms with Crippen molar-refractivity contribution < 1.29 is 0 Å². The van der Waals surface area contributed by atoms with E-state index >= 15 is 0 Å². The Balaban J connectivity index is 1.54. The van der Waals surface area contributed by atoms with Crippen molar-refractivity contribution >= 4 is 27.3 Å². The number of aromatic nitrogens is 3. The largest absolute Gasteiger partial charge is 0.298 e. The Labute approximate surface area is 178 Å². The van der Waals surface area contributed by atoms with Gasteiger partial charge < -0.3 is 0 Å². The molecule has 3 heteroatoms. The van der Waals surface area contributed by atoms with Gasteiger partial charge in [0.05, 0.1) is 11.7 Å². The van der Waals surface area contributed by atoms with Gasteiger partial charge in [0.25, 0.3) is 0 Å². The van der Waals surface area contributed by atoms with Crippen molar-refractivity contribution in [3.63, 3.8) is 0 Å². The van der Waals surface area contributed by atoms with Gasteiger partial charge in [-0.05, 0) is 68.8 Å². The summed E-state index contributed by atoms with van der Waals surface area (Å²) in [5.41, 5.74) is 13.5. The minimum atomic E-state index is 0.985. The quantitative estimate of drug-likeness (QED) is 0.287. The van der Waals surface area contributed by atoms with Gasteiger partial charge in [-0.2, -0.15) is 0 Å². The number of pyridine rings is 2. The van der Waals surface area contributed by atoms with Crippen LogP contribution in [-0.2, 0) is 12.8 Å². The zero-order valence-corrected chi connectivity index (χ0v) is 16.8. The van der Waals surface area contributed by atoms with Crippen LogP contribution in [0, 0.1) is 0 Å². The van der Waals surface area contributed by atoms with Gasteiger partial charge in [0.1, 0.15) is 5.65 Å². The highest BCUT2D eigenvalue weighted by molar-refractivity contribution is 6.18. The molecule has 3 nitrogen and oxygen atoms in total. The van der Waals surface area contributed by atoms with Crippen LogP contribution in [0.25, 0.3) is 49.6 Å². The van der Waals surface area contributed by atoms with Gasteiger partial charge in [-0.15, -0.1) is 0 Å². The molecule has 6 aromatic rings. The standard InChI is InChI=1S/C28H17N3/c1-2-4-19-16(3-1)13-17-5-8-22-23(25(17)19)14-18-6-7-21-20-9-10-29-15-24(20)31-12-11-30-28(31)27(21)26(18)22/h1-12,15H,13-14H2. The first-order valence-corrected chi connectivity index (χ1v) is 10.8. The Bertz CT molecular complexity index is 1740. The lowest BCUT2D eigenvalue weighted by molar-refractivity contribution is 1.23. The molecular weight excluding hydrogens is 378 g/mol. The molecule has 0 amide bonds. The molecule has 0 unspecified atom stereocenters. The van der Waals surface area contributed by atoms with Gasteiger partial charge in [0, 0.05) is 29.4 Å². The lowest BCUT2D eigenvalue weighted by Crippen LogP contribution is -1.93. The van der Waals surface area contributed by atoms with Crippen molar-refractivity contribution in [3.8, 4) is 22.3 Å². The predicted molar refractivity (Wildman–Crippen MR) is 124 cm³/mol. The lowest BCUT2D eigenvalue weighted by atomic mass is 9.93. The molecule has 0 aliphatic heterocycles. The second-order valence-corrected chi connectivity index (χ2v) is 8.67. The molecule has 3 aromatic carbocycles. The Morgan fingerprint density at radius 1 is 0.710 bits per heavy atom. The zero-order valence-electron chi connectivity index (χ0n) is 16.8. The van der Waals surface area contributed by atoms with E-state index in [4.69, 9.17) is 4.98 Å². The third-order valence-corrected chi connectivity index (χ3v) is 7.21. The molecule has 0 fully saturated rings. The molecule has 144 valence electrons. The summed E-state index contributed by atoms with van der Waals surface area (Å²) < 4.78 is 2.19. The van der Waals surface area contributed by atoms with E-state index in [1.54, 1.807) is 0 Å². The molecule has 31 heavy (non-hydrogen) atoms. The molecule has 0 radical (unpaired) electrons. The lowest BCUT2D eigenvalue weighted by Gasteiger charge is -2.13. The number of imidazole rings is 1. The molecule has 2 aliphatic rings. The molecule has 3 aromatic heterocycles. The summed E-state index contributed by atoms with van der Waals surface area (Å²) in [6, 6.07) is 20.3. The van der Waals surface area contributed by atoms with E-state index in [-0.39, 0.29) is 0 Å². The van der Waals surface area contributed by atoms with Gasteiger partial charge in [-0.3, -0.25) is 9.38 Å². The third kappa shape index (κ3) is 1.85. The van der Waals surface area contributed by atoms with Crippen molar-refractivity contribution in [1.82, 2.24) is 14.4 Å². The van der Waals surface area contributed by atoms with Gasteiger partial charge in [0.15, 0.2) is 0 Å². The summed E-state index contributed by atoms with van der Waals surface area (Å²) >= 11 is 0. The predicted octanol–water partition coefficient (Wildman–Crippen LogP) is 6.18. The topological polar surface area (TPSA) is 30.2 Å². The van der Waals surface area contributed by atoms with Crippen LogP contribution in [0.4, 0.5) is 0 Å². The van der Waals surface area contributed by atoms with E-state index in [1.165, 1.54) is 60.7 Å². The van der Waals surface area contributed by atoms with Crippen molar-refractivity contribution in [2.75, 3.05) is 0 Å². The van der Waals surface area contributed by atoms with Crippen LogP contribution in [0.2, 0.25) is 0 Å². The maximum Gasteiger partial charge on any atom is 0.145 e. The second kappa shape index (κ2) is 5.38. The van der Waals surface area contributed by atoms with Gasteiger partial charge >= 0.3 is 0 Å². The molecule has 2 aliphatic carbocycles. The Hall–Kier alpha value is -3.98. The van der Waals surface area contributed by atoms with E-state index in [2.05, 4.69) is 64.0 Å². The van der Waals surface area contributed by atoms with Crippen molar-refractivity contribution in [3.05, 3.63) is 102 Å². The third-order valence-electron chi connectivity index (χ3n) is 7.21. The first kappa shape index (κ1) is 15.8. The number of rotatable bonds is 0. The number of nitrogens with zero attached hydrogens (tertiary/aromatic N) is 3. The fourth-order valence-corrected chi connectivity index (χ4v) is 5.96. The van der Waals surface area contributed by atoms with Crippen LogP contribution in [0.5, 0.6) is 0 Å². The number of fused-ring (bicyclic) bond motifs is 14. The van der Waals surface area contributed by atoms with Crippen molar-refractivity contribution in [2.24, 2.45) is 0 Å². The number of hydrogen-bond donors (Lipinski definition) is 0. The maximum atomic E-state index is 4.79. The highest BCUT2D eigenvalue weighted by Gasteiger charge is 2.30. The van der Waals surface area contributed by atoms with Crippen LogP contribution >= 0.6 is 0 Å². The van der Waals surface area contributed by atoms with E-state index in [9.17, 15) is 0 Å². The minimum absolute atomic E-state index is 0.985. The summed E-state index contributed by atoms with van der Waals surface area (Å²) in [4.78, 5) is 9.16. The molecule has 8 rings (SSSR count). The van der Waals surface area contributed by atoms with Gasteiger partial charge in [0.2, 0.25) is 0 Å². The SMILES string of the molecule is c1ccc2c(c1)Cc1ccc3c(c1-2)Cc1ccc2c4ccncc4n4ccnc4c2c1-3. The van der Waals surface area contributed by atoms with Gasteiger partial charge in [-0.1, -0.05) is 48.5 Å². The summed E-state index contributed by atoms with van der Waals surface area (Å²) in [5, 5.41) is 3.73. The summed E-state index contributed by atoms with van der Waals surface area (Å²) in [7, 11) is 0. The zero-order chi connectivity index (χ0) is 20.1. The summed E-state index contributed by atoms with van der Waals surface area (Å²) in [6.45, 7) is 0. The average Bonchev–Trinajstić information content (AvgIpc) is 3.53. The number of hydrogen-bond acceptors (Lipinski definition) is 2. The monoisotopic (exact) mass is 395 g/mol. The van der Waals surface area contributed by atoms with Crippen molar-refractivity contribution in [2.45, 2.75) is 12.8 Å². The van der Waals surface area contributed by atoms with Crippen LogP contribution in [-0.4, -0.2) is 14.4 Å². The highest BCUT2D eigenvalue weighted by atomic mass is 15.0. The summed E-state index contributed by atoms with van der Waals surface area (Å²) in [5.74, 6) is 0. The molecule has 0 bridgehead atoms. The first-order valence-electron chi connectivity index (χ1n) is 10.8. The average molecular weight is 395 g/mol. The van der Waals surface area contributed by atoms with Gasteiger partial charge in [-0.25, -0.2) is 4.98 Å². The second-order valence-electron chi connectivity index (χ2n) is 8.67. The molecule has 0 atom stereocenters. The van der Waals surface area contributed by atoms with E-state index in [0.29, 0.717) is 0 Å². The number of benzene rings is 3. The minimum Gasteiger partial charge on any atom is -0.298 e. The summed E-state index contributed by atoms with van der Waals surface area (Å²) in [6.07, 6.45) is 9.80. The van der Waals surface area contributed by atoms with Crippen LogP contribution in [0.3, 0.4) is 0 Å². The smallest absolute Gasteiger partial charge is 0.145 e. The Morgan fingerprint density at radius 3 is 2.61 bits per heavy atom. The Kier molecular flexibility index (Phi) is 2.74. The van der Waals surface area contributed by atoms with Crippen molar-refractivity contribution in [1.29, 1.82) is 0 Å². The molecular formula is C28H17N3. The van der Waals surface area contributed by atoms with E-state index in [0.717, 1.165) is 24.0 Å². The molecule has 0 saturated carbocycles. The fraction of sp³-hybridized carbons (Fsp3) is 0.0714. The van der Waals surface area contributed by atoms with Crippen LogP contribution in [0.1, 0.15) is 22.3 Å². The Morgan fingerprint density at radius 2 is 1.61 bits per heavy atom. The van der Waals surface area contributed by atoms with E-state index < -0.39 is 0 Å². The molecule has 0 saturated heterocycles. The molecule has 3 heterocycles. The molecule has 0 N–H and O–H groups in total. The fourth-order valence-electron chi connectivity index (χ4n) is 5.96.